The minimum absolute atomic E-state index is 0.0832. The molecule has 2 aromatic heterocycles. The molecule has 0 spiro atoms. The van der Waals surface area contributed by atoms with Gasteiger partial charge in [0.05, 0.1) is 11.7 Å². The van der Waals surface area contributed by atoms with Crippen molar-refractivity contribution in [1.82, 2.24) is 19.7 Å². The standard InChI is InChI=1S/C22H31N5O2/c1-25(17-20-5-2-3-14-29-20)21-7-6-19(15-23-21)22(28)26-12-8-18(9-13-26)16-27-11-4-10-24-27/h4,6-7,10-11,15,18,20H,2-3,5,8-9,12-14,16-17H2,1H3/t20-/m0/s1. The van der Waals surface area contributed by atoms with Gasteiger partial charge in [-0.25, -0.2) is 4.98 Å². The molecule has 4 heterocycles. The highest BCUT2D eigenvalue weighted by Crippen LogP contribution is 2.21. The molecule has 0 aromatic carbocycles. The van der Waals surface area contributed by atoms with Crippen molar-refractivity contribution in [1.29, 1.82) is 0 Å². The van der Waals surface area contributed by atoms with Crippen molar-refractivity contribution in [2.45, 2.75) is 44.8 Å². The van der Waals surface area contributed by atoms with Gasteiger partial charge in [-0.05, 0) is 56.2 Å². The number of hydrogen-bond acceptors (Lipinski definition) is 5. The number of carbonyl (C=O) groups excluding carboxylic acids is 1. The van der Waals surface area contributed by atoms with Gasteiger partial charge in [-0.2, -0.15) is 5.10 Å². The van der Waals surface area contributed by atoms with Gasteiger partial charge in [-0.1, -0.05) is 0 Å². The molecule has 0 bridgehead atoms. The Morgan fingerprint density at radius 3 is 2.76 bits per heavy atom. The Bertz CT molecular complexity index is 763. The number of amides is 1. The fourth-order valence-corrected chi connectivity index (χ4v) is 4.26. The second kappa shape index (κ2) is 9.39. The van der Waals surface area contributed by atoms with Gasteiger partial charge >= 0.3 is 0 Å². The third kappa shape index (κ3) is 5.15. The van der Waals surface area contributed by atoms with Crippen molar-refractivity contribution < 1.29 is 9.53 Å². The first kappa shape index (κ1) is 19.9. The molecule has 1 atom stereocenters. The van der Waals surface area contributed by atoms with Crippen LogP contribution in [0, 0.1) is 5.92 Å². The Labute approximate surface area is 172 Å². The summed E-state index contributed by atoms with van der Waals surface area (Å²) < 4.78 is 7.80. The van der Waals surface area contributed by atoms with E-state index in [1.54, 1.807) is 6.20 Å². The molecular formula is C22H31N5O2. The van der Waals surface area contributed by atoms with Gasteiger partial charge < -0.3 is 14.5 Å². The van der Waals surface area contributed by atoms with Crippen molar-refractivity contribution in [3.8, 4) is 0 Å². The molecule has 0 N–H and O–H groups in total. The van der Waals surface area contributed by atoms with Crippen LogP contribution in [-0.2, 0) is 11.3 Å². The summed E-state index contributed by atoms with van der Waals surface area (Å²) in [6.45, 7) is 4.22. The van der Waals surface area contributed by atoms with Crippen LogP contribution < -0.4 is 4.90 Å². The Morgan fingerprint density at radius 1 is 1.24 bits per heavy atom. The molecule has 1 amide bonds. The van der Waals surface area contributed by atoms with Gasteiger partial charge in [0.25, 0.3) is 5.91 Å². The predicted molar refractivity (Wildman–Crippen MR) is 112 cm³/mol. The normalized spacial score (nSPS) is 20.6. The van der Waals surface area contributed by atoms with E-state index < -0.39 is 0 Å². The van der Waals surface area contributed by atoms with Crippen LogP contribution >= 0.6 is 0 Å². The van der Waals surface area contributed by atoms with Gasteiger partial charge in [0.15, 0.2) is 0 Å². The lowest BCUT2D eigenvalue weighted by Crippen LogP contribution is -2.39. The van der Waals surface area contributed by atoms with Crippen molar-refractivity contribution in [2.75, 3.05) is 38.2 Å². The van der Waals surface area contributed by atoms with E-state index in [1.165, 1.54) is 6.42 Å². The summed E-state index contributed by atoms with van der Waals surface area (Å²) in [7, 11) is 2.03. The second-order valence-electron chi connectivity index (χ2n) is 8.24. The van der Waals surface area contributed by atoms with Crippen molar-refractivity contribution >= 4 is 11.7 Å². The lowest BCUT2D eigenvalue weighted by atomic mass is 9.96. The average molecular weight is 398 g/mol. The lowest BCUT2D eigenvalue weighted by Gasteiger charge is -2.32. The fraction of sp³-hybridized carbons (Fsp3) is 0.591. The molecule has 2 aliphatic heterocycles. The van der Waals surface area contributed by atoms with Crippen LogP contribution in [0.3, 0.4) is 0 Å². The summed E-state index contributed by atoms with van der Waals surface area (Å²) in [4.78, 5) is 21.5. The second-order valence-corrected chi connectivity index (χ2v) is 8.24. The van der Waals surface area contributed by atoms with E-state index in [9.17, 15) is 4.79 Å². The first-order valence-electron chi connectivity index (χ1n) is 10.7. The maximum atomic E-state index is 12.9. The fourth-order valence-electron chi connectivity index (χ4n) is 4.26. The zero-order valence-corrected chi connectivity index (χ0v) is 17.2. The van der Waals surface area contributed by atoms with Gasteiger partial charge in [-0.15, -0.1) is 0 Å². The van der Waals surface area contributed by atoms with Crippen LogP contribution in [0.15, 0.2) is 36.8 Å². The summed E-state index contributed by atoms with van der Waals surface area (Å²) in [5.41, 5.74) is 0.668. The number of hydrogen-bond donors (Lipinski definition) is 0. The average Bonchev–Trinajstić information content (AvgIpc) is 3.28. The van der Waals surface area contributed by atoms with Crippen molar-refractivity contribution in [3.63, 3.8) is 0 Å². The molecule has 2 aliphatic rings. The van der Waals surface area contributed by atoms with Gasteiger partial charge in [0.1, 0.15) is 5.82 Å². The maximum Gasteiger partial charge on any atom is 0.255 e. The summed E-state index contributed by atoms with van der Waals surface area (Å²) in [6, 6.07) is 5.80. The van der Waals surface area contributed by atoms with E-state index in [-0.39, 0.29) is 12.0 Å². The van der Waals surface area contributed by atoms with Gasteiger partial charge in [0.2, 0.25) is 0 Å². The molecule has 7 heteroatoms. The summed E-state index contributed by atoms with van der Waals surface area (Å²) >= 11 is 0. The summed E-state index contributed by atoms with van der Waals surface area (Å²) in [5.74, 6) is 1.55. The third-order valence-electron chi connectivity index (χ3n) is 6.04. The van der Waals surface area contributed by atoms with Gasteiger partial charge in [0, 0.05) is 58.4 Å². The quantitative estimate of drug-likeness (QED) is 0.750. The monoisotopic (exact) mass is 397 g/mol. The summed E-state index contributed by atoms with van der Waals surface area (Å²) in [6.07, 6.45) is 11.3. The highest BCUT2D eigenvalue weighted by atomic mass is 16.5. The number of likely N-dealkylation sites (N-methyl/N-ethyl adjacent to an activating group) is 1. The Kier molecular flexibility index (Phi) is 6.44. The zero-order valence-electron chi connectivity index (χ0n) is 17.2. The SMILES string of the molecule is CN(C[C@@H]1CCCCO1)c1ccc(C(=O)N2CCC(Cn3cccn3)CC2)cn1. The maximum absolute atomic E-state index is 12.9. The minimum atomic E-state index is 0.0832. The van der Waals surface area contributed by atoms with E-state index in [4.69, 9.17) is 4.74 Å². The van der Waals surface area contributed by atoms with Crippen molar-refractivity contribution in [3.05, 3.63) is 42.4 Å². The first-order valence-corrected chi connectivity index (χ1v) is 10.7. The summed E-state index contributed by atoms with van der Waals surface area (Å²) in [5, 5.41) is 4.29. The number of anilines is 1. The Morgan fingerprint density at radius 2 is 2.10 bits per heavy atom. The van der Waals surface area contributed by atoms with E-state index >= 15 is 0 Å². The Hall–Kier alpha value is -2.41. The van der Waals surface area contributed by atoms with Crippen molar-refractivity contribution in [2.24, 2.45) is 5.92 Å². The molecule has 2 aromatic rings. The van der Waals surface area contributed by atoms with E-state index in [1.807, 2.05) is 47.2 Å². The molecule has 0 unspecified atom stereocenters. The van der Waals surface area contributed by atoms with Crippen LogP contribution in [0.25, 0.3) is 0 Å². The van der Waals surface area contributed by atoms with E-state index in [0.717, 1.165) is 64.3 Å². The number of pyridine rings is 1. The molecule has 156 valence electrons. The largest absolute Gasteiger partial charge is 0.376 e. The van der Waals surface area contributed by atoms with Crippen LogP contribution in [0.5, 0.6) is 0 Å². The molecule has 7 nitrogen and oxygen atoms in total. The van der Waals surface area contributed by atoms with E-state index in [2.05, 4.69) is 15.0 Å². The predicted octanol–water partition coefficient (Wildman–Crippen LogP) is 2.84. The Balaban J connectivity index is 1.28. The molecule has 2 fully saturated rings. The number of carbonyl (C=O) groups is 1. The molecule has 4 rings (SSSR count). The topological polar surface area (TPSA) is 63.5 Å². The molecule has 2 saturated heterocycles. The first-order chi connectivity index (χ1) is 14.2. The smallest absolute Gasteiger partial charge is 0.255 e. The number of likely N-dealkylation sites (tertiary alicyclic amines) is 1. The molecule has 29 heavy (non-hydrogen) atoms. The number of rotatable bonds is 6. The molecule has 0 radical (unpaired) electrons. The third-order valence-corrected chi connectivity index (χ3v) is 6.04. The van der Waals surface area contributed by atoms with Crippen LogP contribution in [0.4, 0.5) is 5.82 Å². The number of nitrogens with zero attached hydrogens (tertiary/aromatic N) is 5. The molecule has 0 aliphatic carbocycles. The van der Waals surface area contributed by atoms with Crippen LogP contribution in [-0.4, -0.2) is 65.0 Å². The number of piperidine rings is 1. The highest BCUT2D eigenvalue weighted by molar-refractivity contribution is 5.94. The molecular weight excluding hydrogens is 366 g/mol. The minimum Gasteiger partial charge on any atom is -0.376 e. The number of ether oxygens (including phenoxy) is 1. The molecule has 0 saturated carbocycles. The zero-order chi connectivity index (χ0) is 20.1. The van der Waals surface area contributed by atoms with Gasteiger partial charge in [-0.3, -0.25) is 9.48 Å². The van der Waals surface area contributed by atoms with Crippen LogP contribution in [0.2, 0.25) is 0 Å². The number of aromatic nitrogens is 3. The highest BCUT2D eigenvalue weighted by Gasteiger charge is 2.24. The van der Waals surface area contributed by atoms with E-state index in [0.29, 0.717) is 11.5 Å². The lowest BCUT2D eigenvalue weighted by molar-refractivity contribution is 0.0215. The van der Waals surface area contributed by atoms with Crippen LogP contribution in [0.1, 0.15) is 42.5 Å².